The number of ether oxygens (including phenoxy) is 1. The Morgan fingerprint density at radius 2 is 1.73 bits per heavy atom. The minimum absolute atomic E-state index is 0.0365. The first-order chi connectivity index (χ1) is 17.8. The van der Waals surface area contributed by atoms with Crippen LogP contribution in [0.4, 0.5) is 0 Å². The van der Waals surface area contributed by atoms with Gasteiger partial charge in [-0.2, -0.15) is 0 Å². The lowest BCUT2D eigenvalue weighted by Gasteiger charge is -2.33. The Bertz CT molecular complexity index is 1290. The van der Waals surface area contributed by atoms with E-state index in [4.69, 9.17) is 26.6 Å². The van der Waals surface area contributed by atoms with E-state index in [1.54, 1.807) is 0 Å². The van der Waals surface area contributed by atoms with E-state index < -0.39 is 11.9 Å². The number of imidazole rings is 1. The molecule has 2 aromatic carbocycles. The van der Waals surface area contributed by atoms with Gasteiger partial charge in [0.15, 0.2) is 0 Å². The van der Waals surface area contributed by atoms with Crippen molar-refractivity contribution in [3.05, 3.63) is 81.8 Å². The highest BCUT2D eigenvalue weighted by Crippen LogP contribution is 2.31. The summed E-state index contributed by atoms with van der Waals surface area (Å²) in [4.78, 5) is 37.1. The molecule has 10 heteroatoms. The molecule has 37 heavy (non-hydrogen) atoms. The zero-order valence-electron chi connectivity index (χ0n) is 20.3. The molecule has 0 aliphatic carbocycles. The summed E-state index contributed by atoms with van der Waals surface area (Å²) in [5.41, 5.74) is 3.11. The van der Waals surface area contributed by atoms with Crippen molar-refractivity contribution in [3.8, 4) is 0 Å². The van der Waals surface area contributed by atoms with Crippen LogP contribution in [0.1, 0.15) is 36.8 Å². The lowest BCUT2D eigenvalue weighted by Crippen LogP contribution is -2.40. The van der Waals surface area contributed by atoms with Crippen molar-refractivity contribution < 1.29 is 24.5 Å². The van der Waals surface area contributed by atoms with Crippen LogP contribution in [0.25, 0.3) is 11.0 Å². The lowest BCUT2D eigenvalue weighted by atomic mass is 9.96. The number of H-pyrrole nitrogens is 1. The third-order valence-corrected chi connectivity index (χ3v) is 7.02. The number of nitrogens with one attached hydrogen (secondary N) is 1. The van der Waals surface area contributed by atoms with E-state index in [0.717, 1.165) is 56.5 Å². The molecule has 5 rings (SSSR count). The number of aromatic amines is 1. The summed E-state index contributed by atoms with van der Waals surface area (Å²) in [5.74, 6) is -2.00. The fourth-order valence-electron chi connectivity index (χ4n) is 5.05. The van der Waals surface area contributed by atoms with E-state index in [9.17, 15) is 14.4 Å². The molecule has 1 aromatic heterocycles. The SMILES string of the molecule is O=C(O)C=CC(=O)O.O=c1[nH]c2cc(Cl)ccc2n1C1CCN(CC2CC(c3ccccc3)CO2)CC1. The lowest BCUT2D eigenvalue weighted by molar-refractivity contribution is -0.134. The van der Waals surface area contributed by atoms with Crippen molar-refractivity contribution in [3.63, 3.8) is 0 Å². The first-order valence-electron chi connectivity index (χ1n) is 12.2. The van der Waals surface area contributed by atoms with E-state index in [-0.39, 0.29) is 11.7 Å². The molecule has 0 saturated carbocycles. The van der Waals surface area contributed by atoms with Crippen LogP contribution in [0, 0.1) is 0 Å². The second-order valence-corrected chi connectivity index (χ2v) is 9.74. The molecule has 2 atom stereocenters. The number of aliphatic carboxylic acids is 2. The van der Waals surface area contributed by atoms with Crippen molar-refractivity contribution in [2.45, 2.75) is 37.3 Å². The molecule has 0 spiro atoms. The molecular formula is C27H30ClN3O6. The average molecular weight is 528 g/mol. The Morgan fingerprint density at radius 1 is 1.05 bits per heavy atom. The summed E-state index contributed by atoms with van der Waals surface area (Å²) >= 11 is 6.07. The minimum Gasteiger partial charge on any atom is -0.478 e. The van der Waals surface area contributed by atoms with Gasteiger partial charge < -0.3 is 24.8 Å². The molecule has 3 N–H and O–H groups in total. The molecule has 0 amide bonds. The van der Waals surface area contributed by atoms with E-state index in [1.807, 2.05) is 22.8 Å². The van der Waals surface area contributed by atoms with Gasteiger partial charge in [0.05, 0.1) is 23.7 Å². The zero-order chi connectivity index (χ0) is 26.4. The fourth-order valence-corrected chi connectivity index (χ4v) is 5.22. The molecular weight excluding hydrogens is 498 g/mol. The van der Waals surface area contributed by atoms with Crippen molar-refractivity contribution >= 4 is 34.6 Å². The summed E-state index contributed by atoms with van der Waals surface area (Å²) in [6.45, 7) is 3.79. The van der Waals surface area contributed by atoms with Gasteiger partial charge in [0.25, 0.3) is 0 Å². The molecule has 9 nitrogen and oxygen atoms in total. The molecule has 2 aliphatic heterocycles. The summed E-state index contributed by atoms with van der Waals surface area (Å²) in [6.07, 6.45) is 4.46. The number of aromatic nitrogens is 2. The van der Waals surface area contributed by atoms with Gasteiger partial charge in [0, 0.05) is 48.8 Å². The van der Waals surface area contributed by atoms with Gasteiger partial charge >= 0.3 is 17.6 Å². The molecule has 3 aromatic rings. The van der Waals surface area contributed by atoms with Gasteiger partial charge in [-0.05, 0) is 43.0 Å². The van der Waals surface area contributed by atoms with Crippen molar-refractivity contribution in [2.75, 3.05) is 26.2 Å². The first kappa shape index (κ1) is 26.7. The standard InChI is InChI=1S/C23H26ClN3O2.C4H4O4/c24-18-6-7-22-21(13-18)25-23(28)27(22)19-8-10-26(11-9-19)14-20-12-17(15-29-20)16-4-2-1-3-5-16;5-3(6)1-2-4(7)8/h1-7,13,17,19-20H,8-12,14-15H2,(H,25,28);1-2H,(H,5,6)(H,7,8). The quantitative estimate of drug-likeness (QED) is 0.415. The Labute approximate surface area is 218 Å². The molecule has 2 fully saturated rings. The molecule has 2 saturated heterocycles. The van der Waals surface area contributed by atoms with Crippen LogP contribution in [0.3, 0.4) is 0 Å². The first-order valence-corrected chi connectivity index (χ1v) is 12.6. The van der Waals surface area contributed by atoms with E-state index >= 15 is 0 Å². The molecule has 2 unspecified atom stereocenters. The van der Waals surface area contributed by atoms with Crippen LogP contribution in [-0.4, -0.2) is 68.9 Å². The highest BCUT2D eigenvalue weighted by molar-refractivity contribution is 6.31. The van der Waals surface area contributed by atoms with Gasteiger partial charge in [-0.15, -0.1) is 0 Å². The number of carboxylic acids is 2. The minimum atomic E-state index is -1.26. The second kappa shape index (κ2) is 12.2. The Kier molecular flexibility index (Phi) is 8.81. The number of carboxylic acid groups (broad SMARTS) is 2. The van der Waals surface area contributed by atoms with Crippen LogP contribution in [0.15, 0.2) is 65.5 Å². The fraction of sp³-hybridized carbons (Fsp3) is 0.370. The Morgan fingerprint density at radius 3 is 2.38 bits per heavy atom. The van der Waals surface area contributed by atoms with Crippen molar-refractivity contribution in [2.24, 2.45) is 0 Å². The highest BCUT2D eigenvalue weighted by Gasteiger charge is 2.30. The number of benzene rings is 2. The molecule has 0 radical (unpaired) electrons. The second-order valence-electron chi connectivity index (χ2n) is 9.30. The van der Waals surface area contributed by atoms with Crippen LogP contribution in [0.5, 0.6) is 0 Å². The molecule has 196 valence electrons. The monoisotopic (exact) mass is 527 g/mol. The number of halogens is 1. The van der Waals surface area contributed by atoms with Crippen LogP contribution in [-0.2, 0) is 14.3 Å². The third kappa shape index (κ3) is 7.09. The van der Waals surface area contributed by atoms with Gasteiger partial charge in [-0.25, -0.2) is 14.4 Å². The zero-order valence-corrected chi connectivity index (χ0v) is 21.0. The topological polar surface area (TPSA) is 125 Å². The maximum Gasteiger partial charge on any atom is 0.328 e. The number of piperidine rings is 1. The third-order valence-electron chi connectivity index (χ3n) is 6.78. The van der Waals surface area contributed by atoms with E-state index in [2.05, 4.69) is 40.2 Å². The summed E-state index contributed by atoms with van der Waals surface area (Å²) in [6, 6.07) is 16.5. The van der Waals surface area contributed by atoms with E-state index in [1.165, 1.54) is 5.56 Å². The molecule has 3 heterocycles. The molecule has 2 aliphatic rings. The number of likely N-dealkylation sites (tertiary alicyclic amines) is 1. The summed E-state index contributed by atoms with van der Waals surface area (Å²) in [5, 5.41) is 16.3. The maximum atomic E-state index is 12.5. The number of hydrogen-bond acceptors (Lipinski definition) is 5. The largest absolute Gasteiger partial charge is 0.478 e. The van der Waals surface area contributed by atoms with Crippen molar-refractivity contribution in [1.82, 2.24) is 14.5 Å². The van der Waals surface area contributed by atoms with Gasteiger partial charge in [-0.3, -0.25) is 4.57 Å². The summed E-state index contributed by atoms with van der Waals surface area (Å²) < 4.78 is 8.01. The van der Waals surface area contributed by atoms with Gasteiger partial charge in [-0.1, -0.05) is 41.9 Å². The number of hydrogen-bond donors (Lipinski definition) is 3. The number of fused-ring (bicyclic) bond motifs is 1. The van der Waals surface area contributed by atoms with Crippen LogP contribution in [0.2, 0.25) is 5.02 Å². The number of carbonyl (C=O) groups is 2. The predicted molar refractivity (Wildman–Crippen MR) is 140 cm³/mol. The highest BCUT2D eigenvalue weighted by atomic mass is 35.5. The number of nitrogens with zero attached hydrogens (tertiary/aromatic N) is 2. The Hall–Kier alpha value is -3.40. The predicted octanol–water partition coefficient (Wildman–Crippen LogP) is 3.90. The smallest absolute Gasteiger partial charge is 0.328 e. The maximum absolute atomic E-state index is 12.5. The normalized spacial score (nSPS) is 20.7. The average Bonchev–Trinajstić information content (AvgIpc) is 3.47. The molecule has 0 bridgehead atoms. The van der Waals surface area contributed by atoms with Crippen LogP contribution < -0.4 is 5.69 Å². The van der Waals surface area contributed by atoms with Crippen molar-refractivity contribution in [1.29, 1.82) is 0 Å². The Balaban J connectivity index is 0.000000349. The van der Waals surface area contributed by atoms with E-state index in [0.29, 0.717) is 29.2 Å². The van der Waals surface area contributed by atoms with Gasteiger partial charge in [0.2, 0.25) is 0 Å². The summed E-state index contributed by atoms with van der Waals surface area (Å²) in [7, 11) is 0. The number of rotatable bonds is 6. The van der Waals surface area contributed by atoms with Crippen LogP contribution >= 0.6 is 11.6 Å². The van der Waals surface area contributed by atoms with Gasteiger partial charge in [0.1, 0.15) is 0 Å².